The first-order chi connectivity index (χ1) is 5.31. The highest BCUT2D eigenvalue weighted by Crippen LogP contribution is 1.92. The first-order valence-electron chi connectivity index (χ1n) is 3.97. The molecule has 1 atom stereocenters. The van der Waals surface area contributed by atoms with Gasteiger partial charge >= 0.3 is 0 Å². The van der Waals surface area contributed by atoms with Crippen LogP contribution in [0.1, 0.15) is 26.7 Å². The summed E-state index contributed by atoms with van der Waals surface area (Å²) in [6, 6.07) is 2.01. The van der Waals surface area contributed by atoms with Crippen LogP contribution >= 0.6 is 0 Å². The Bertz CT molecular complexity index is 146. The van der Waals surface area contributed by atoms with Gasteiger partial charge in [-0.1, -0.05) is 19.1 Å². The van der Waals surface area contributed by atoms with E-state index in [9.17, 15) is 0 Å². The fraction of sp³-hybridized carbons (Fsp3) is 0.667. The summed E-state index contributed by atoms with van der Waals surface area (Å²) in [6.45, 7) is 4.49. The van der Waals surface area contributed by atoms with Gasteiger partial charge in [-0.05, 0) is 19.8 Å². The van der Waals surface area contributed by atoms with E-state index in [1.54, 1.807) is 6.92 Å². The Balaban J connectivity index is 3.15. The standard InChI is InChI=1S/C9H15NO/c1-3-4-5-6-7-11-9(2)8-10/h4-5,9H,3,6-7H2,1-2H3/b5-4-. The molecule has 0 saturated carbocycles. The molecular weight excluding hydrogens is 138 g/mol. The minimum atomic E-state index is -0.273. The van der Waals surface area contributed by atoms with Crippen molar-refractivity contribution in [3.63, 3.8) is 0 Å². The lowest BCUT2D eigenvalue weighted by atomic mass is 10.3. The molecule has 0 aromatic carbocycles. The maximum Gasteiger partial charge on any atom is 0.141 e. The third-order valence-corrected chi connectivity index (χ3v) is 1.24. The van der Waals surface area contributed by atoms with Crippen molar-refractivity contribution in [2.45, 2.75) is 32.8 Å². The van der Waals surface area contributed by atoms with Gasteiger partial charge in [-0.3, -0.25) is 0 Å². The third kappa shape index (κ3) is 7.08. The van der Waals surface area contributed by atoms with E-state index in [1.807, 2.05) is 6.07 Å². The molecule has 0 spiro atoms. The van der Waals surface area contributed by atoms with E-state index < -0.39 is 0 Å². The molecule has 0 N–H and O–H groups in total. The van der Waals surface area contributed by atoms with Gasteiger partial charge in [-0.15, -0.1) is 0 Å². The fourth-order valence-corrected chi connectivity index (χ4v) is 0.635. The Morgan fingerprint density at radius 2 is 2.27 bits per heavy atom. The largest absolute Gasteiger partial charge is 0.363 e. The second kappa shape index (κ2) is 7.30. The zero-order valence-electron chi connectivity index (χ0n) is 7.21. The normalized spacial score (nSPS) is 13.2. The van der Waals surface area contributed by atoms with E-state index >= 15 is 0 Å². The number of nitrogens with zero attached hydrogens (tertiary/aromatic N) is 1. The molecule has 0 aliphatic heterocycles. The van der Waals surface area contributed by atoms with E-state index in [0.29, 0.717) is 6.61 Å². The first kappa shape index (κ1) is 10.2. The summed E-state index contributed by atoms with van der Waals surface area (Å²) in [5.41, 5.74) is 0. The topological polar surface area (TPSA) is 33.0 Å². The molecule has 0 aliphatic carbocycles. The lowest BCUT2D eigenvalue weighted by Gasteiger charge is -2.01. The monoisotopic (exact) mass is 153 g/mol. The Labute approximate surface area is 68.5 Å². The number of ether oxygens (including phenoxy) is 1. The molecule has 0 radical (unpaired) electrons. The van der Waals surface area contributed by atoms with Gasteiger partial charge in [-0.25, -0.2) is 0 Å². The molecule has 0 aromatic heterocycles. The highest BCUT2D eigenvalue weighted by molar-refractivity contribution is 4.82. The second-order valence-corrected chi connectivity index (χ2v) is 2.31. The van der Waals surface area contributed by atoms with Crippen molar-refractivity contribution < 1.29 is 4.74 Å². The number of nitriles is 1. The van der Waals surface area contributed by atoms with Gasteiger partial charge in [0.25, 0.3) is 0 Å². The Kier molecular flexibility index (Phi) is 6.76. The Morgan fingerprint density at radius 1 is 1.55 bits per heavy atom. The number of hydrogen-bond donors (Lipinski definition) is 0. The van der Waals surface area contributed by atoms with Crippen LogP contribution in [0.5, 0.6) is 0 Å². The molecule has 0 bridgehead atoms. The number of rotatable bonds is 5. The molecule has 0 fully saturated rings. The van der Waals surface area contributed by atoms with Crippen LogP contribution in [0.2, 0.25) is 0 Å². The van der Waals surface area contributed by atoms with Crippen LogP contribution in [0.25, 0.3) is 0 Å². The fourth-order valence-electron chi connectivity index (χ4n) is 0.635. The lowest BCUT2D eigenvalue weighted by Crippen LogP contribution is -2.04. The van der Waals surface area contributed by atoms with E-state index in [4.69, 9.17) is 10.00 Å². The van der Waals surface area contributed by atoms with Crippen molar-refractivity contribution in [2.24, 2.45) is 0 Å². The summed E-state index contributed by atoms with van der Waals surface area (Å²) >= 11 is 0. The molecule has 2 heteroatoms. The van der Waals surface area contributed by atoms with Crippen molar-refractivity contribution in [3.05, 3.63) is 12.2 Å². The molecule has 11 heavy (non-hydrogen) atoms. The number of hydrogen-bond acceptors (Lipinski definition) is 2. The molecule has 1 unspecified atom stereocenters. The maximum absolute atomic E-state index is 8.34. The summed E-state index contributed by atoms with van der Waals surface area (Å²) in [6.07, 6.45) is 5.86. The van der Waals surface area contributed by atoms with E-state index in [1.165, 1.54) is 0 Å². The van der Waals surface area contributed by atoms with Crippen LogP contribution in [0, 0.1) is 11.3 Å². The summed E-state index contributed by atoms with van der Waals surface area (Å²) < 4.78 is 5.13. The van der Waals surface area contributed by atoms with Crippen LogP contribution in [0.3, 0.4) is 0 Å². The zero-order valence-corrected chi connectivity index (χ0v) is 7.21. The van der Waals surface area contributed by atoms with Crippen molar-refractivity contribution in [1.82, 2.24) is 0 Å². The van der Waals surface area contributed by atoms with E-state index in [-0.39, 0.29) is 6.10 Å². The van der Waals surface area contributed by atoms with Crippen LogP contribution in [0.4, 0.5) is 0 Å². The van der Waals surface area contributed by atoms with Crippen LogP contribution < -0.4 is 0 Å². The zero-order chi connectivity index (χ0) is 8.53. The Hall–Kier alpha value is -0.810. The molecule has 0 rings (SSSR count). The maximum atomic E-state index is 8.34. The predicted molar refractivity (Wildman–Crippen MR) is 45.1 cm³/mol. The van der Waals surface area contributed by atoms with Gasteiger partial charge < -0.3 is 4.74 Å². The molecule has 0 aliphatic rings. The molecule has 62 valence electrons. The molecule has 0 amide bonds. The summed E-state index contributed by atoms with van der Waals surface area (Å²) in [7, 11) is 0. The molecular formula is C9H15NO. The molecule has 0 heterocycles. The molecule has 0 aromatic rings. The minimum absolute atomic E-state index is 0.273. The lowest BCUT2D eigenvalue weighted by molar-refractivity contribution is 0.106. The SMILES string of the molecule is CC/C=C\CCOC(C)C#N. The van der Waals surface area contributed by atoms with Crippen LogP contribution in [-0.2, 0) is 4.74 Å². The summed E-state index contributed by atoms with van der Waals surface area (Å²) in [5, 5.41) is 8.34. The van der Waals surface area contributed by atoms with Crippen molar-refractivity contribution in [1.29, 1.82) is 5.26 Å². The summed E-state index contributed by atoms with van der Waals surface area (Å²) in [5.74, 6) is 0. The number of allylic oxidation sites excluding steroid dienone is 1. The van der Waals surface area contributed by atoms with Crippen LogP contribution in [-0.4, -0.2) is 12.7 Å². The highest BCUT2D eigenvalue weighted by atomic mass is 16.5. The van der Waals surface area contributed by atoms with Crippen molar-refractivity contribution in [2.75, 3.05) is 6.61 Å². The van der Waals surface area contributed by atoms with Gasteiger partial charge in [0.1, 0.15) is 6.10 Å². The minimum Gasteiger partial charge on any atom is -0.363 e. The Morgan fingerprint density at radius 3 is 2.82 bits per heavy atom. The second-order valence-electron chi connectivity index (χ2n) is 2.31. The smallest absolute Gasteiger partial charge is 0.141 e. The molecule has 0 saturated heterocycles. The highest BCUT2D eigenvalue weighted by Gasteiger charge is 1.94. The predicted octanol–water partition coefficient (Wildman–Crippen LogP) is 2.27. The van der Waals surface area contributed by atoms with E-state index in [2.05, 4.69) is 19.1 Å². The first-order valence-corrected chi connectivity index (χ1v) is 3.97. The van der Waals surface area contributed by atoms with Gasteiger partial charge in [0.05, 0.1) is 12.7 Å². The van der Waals surface area contributed by atoms with Gasteiger partial charge in [0.2, 0.25) is 0 Å². The van der Waals surface area contributed by atoms with Gasteiger partial charge in [0, 0.05) is 0 Å². The van der Waals surface area contributed by atoms with Gasteiger partial charge in [-0.2, -0.15) is 5.26 Å². The van der Waals surface area contributed by atoms with Gasteiger partial charge in [0.15, 0.2) is 0 Å². The molecule has 2 nitrogen and oxygen atoms in total. The average molecular weight is 153 g/mol. The third-order valence-electron chi connectivity index (χ3n) is 1.24. The summed E-state index contributed by atoms with van der Waals surface area (Å²) in [4.78, 5) is 0. The van der Waals surface area contributed by atoms with Crippen molar-refractivity contribution >= 4 is 0 Å². The van der Waals surface area contributed by atoms with E-state index in [0.717, 1.165) is 12.8 Å². The van der Waals surface area contributed by atoms with Crippen molar-refractivity contribution in [3.8, 4) is 6.07 Å². The van der Waals surface area contributed by atoms with Crippen LogP contribution in [0.15, 0.2) is 12.2 Å². The average Bonchev–Trinajstić information content (AvgIpc) is 2.04. The quantitative estimate of drug-likeness (QED) is 0.448.